The summed E-state index contributed by atoms with van der Waals surface area (Å²) in [5.41, 5.74) is 11.2. The molecule has 0 aliphatic carbocycles. The van der Waals surface area contributed by atoms with Gasteiger partial charge < -0.3 is 4.42 Å². The smallest absolute Gasteiger partial charge is 0.164 e. The van der Waals surface area contributed by atoms with Gasteiger partial charge in [0, 0.05) is 32.8 Å². The number of rotatable bonds is 6. The van der Waals surface area contributed by atoms with E-state index in [1.807, 2.05) is 12.1 Å². The fourth-order valence-electron chi connectivity index (χ4n) is 8.18. The molecule has 0 bridgehead atoms. The normalized spacial score (nSPS) is 11.5. The number of fused-ring (bicyclic) bond motifs is 6. The highest BCUT2D eigenvalue weighted by Gasteiger charge is 2.21. The molecular formula is C53H33N3O. The Bertz CT molecular complexity index is 3270. The molecule has 0 atom stereocenters. The predicted octanol–water partition coefficient (Wildman–Crippen LogP) is 14.1. The van der Waals surface area contributed by atoms with Crippen LogP contribution in [0.3, 0.4) is 0 Å². The topological polar surface area (TPSA) is 51.8 Å². The van der Waals surface area contributed by atoms with Gasteiger partial charge in [0.05, 0.1) is 0 Å². The van der Waals surface area contributed by atoms with E-state index < -0.39 is 0 Å². The third-order valence-electron chi connectivity index (χ3n) is 10.9. The van der Waals surface area contributed by atoms with Crippen LogP contribution in [0, 0.1) is 0 Å². The van der Waals surface area contributed by atoms with Gasteiger partial charge in [0.1, 0.15) is 11.2 Å². The average Bonchev–Trinajstić information content (AvgIpc) is 3.68. The minimum Gasteiger partial charge on any atom is -0.455 e. The van der Waals surface area contributed by atoms with Gasteiger partial charge in [-0.05, 0) is 67.7 Å². The van der Waals surface area contributed by atoms with Gasteiger partial charge in [-0.3, -0.25) is 0 Å². The monoisotopic (exact) mass is 727 g/mol. The van der Waals surface area contributed by atoms with Gasteiger partial charge in [-0.1, -0.05) is 182 Å². The second kappa shape index (κ2) is 13.6. The molecule has 0 saturated heterocycles. The van der Waals surface area contributed by atoms with Gasteiger partial charge in [-0.15, -0.1) is 0 Å². The fourth-order valence-corrected chi connectivity index (χ4v) is 8.18. The maximum absolute atomic E-state index is 6.77. The molecule has 0 saturated carbocycles. The standard InChI is InChI=1S/C53H33N3O/c1-3-14-34(15-4-1)36-28-30-38(31-29-36)51-54-52(40-21-11-20-39(32-40)35-16-5-2-6-17-35)56-53(55-51)46-33-47-49-44(42-25-12-19-37-18-7-8-22-41(37)42)26-13-27-48(49)57-50(47)45-24-10-9-23-43(45)46/h1-33H. The predicted molar refractivity (Wildman–Crippen MR) is 235 cm³/mol. The molecule has 0 aliphatic heterocycles. The number of nitrogens with zero attached hydrogens (tertiary/aromatic N) is 3. The Hall–Kier alpha value is -7.69. The molecule has 4 nitrogen and oxygen atoms in total. The third kappa shape index (κ3) is 5.74. The number of furan rings is 1. The van der Waals surface area contributed by atoms with Crippen molar-refractivity contribution in [2.45, 2.75) is 0 Å². The molecule has 11 aromatic rings. The van der Waals surface area contributed by atoms with Crippen molar-refractivity contribution in [3.05, 3.63) is 200 Å². The summed E-state index contributed by atoms with van der Waals surface area (Å²) in [6.07, 6.45) is 0. The van der Waals surface area contributed by atoms with Crippen molar-refractivity contribution in [2.24, 2.45) is 0 Å². The summed E-state index contributed by atoms with van der Waals surface area (Å²) >= 11 is 0. The lowest BCUT2D eigenvalue weighted by Crippen LogP contribution is -2.01. The van der Waals surface area contributed by atoms with Crippen LogP contribution in [-0.2, 0) is 0 Å². The maximum atomic E-state index is 6.77. The van der Waals surface area contributed by atoms with Crippen LogP contribution in [0.15, 0.2) is 205 Å². The van der Waals surface area contributed by atoms with E-state index in [1.54, 1.807) is 0 Å². The molecule has 0 unspecified atom stereocenters. The molecule has 2 aromatic heterocycles. The van der Waals surface area contributed by atoms with Crippen LogP contribution in [0.2, 0.25) is 0 Å². The van der Waals surface area contributed by atoms with E-state index in [0.717, 1.165) is 82.8 Å². The summed E-state index contributed by atoms with van der Waals surface area (Å²) < 4.78 is 6.77. The number of hydrogen-bond acceptors (Lipinski definition) is 4. The zero-order valence-corrected chi connectivity index (χ0v) is 30.8. The van der Waals surface area contributed by atoms with Crippen molar-refractivity contribution in [1.29, 1.82) is 0 Å². The Morgan fingerprint density at radius 2 is 0.825 bits per heavy atom. The summed E-state index contributed by atoms with van der Waals surface area (Å²) in [5.74, 6) is 1.82. The fraction of sp³-hybridized carbons (Fsp3) is 0. The second-order valence-corrected chi connectivity index (χ2v) is 14.4. The van der Waals surface area contributed by atoms with Gasteiger partial charge >= 0.3 is 0 Å². The van der Waals surface area contributed by atoms with Crippen molar-refractivity contribution in [1.82, 2.24) is 15.0 Å². The van der Waals surface area contributed by atoms with E-state index in [1.165, 1.54) is 10.8 Å². The van der Waals surface area contributed by atoms with Crippen LogP contribution in [0.25, 0.3) is 111 Å². The molecule has 2 heterocycles. The van der Waals surface area contributed by atoms with Crippen molar-refractivity contribution in [3.8, 4) is 67.5 Å². The van der Waals surface area contributed by atoms with E-state index in [9.17, 15) is 0 Å². The van der Waals surface area contributed by atoms with Crippen LogP contribution < -0.4 is 0 Å². The van der Waals surface area contributed by atoms with E-state index in [0.29, 0.717) is 17.5 Å². The van der Waals surface area contributed by atoms with Crippen LogP contribution in [0.5, 0.6) is 0 Å². The molecule has 0 spiro atoms. The molecule has 266 valence electrons. The highest BCUT2D eigenvalue weighted by molar-refractivity contribution is 6.23. The first-order valence-corrected chi connectivity index (χ1v) is 19.2. The molecular weight excluding hydrogens is 695 g/mol. The SMILES string of the molecule is c1ccc(-c2ccc(-c3nc(-c4cccc(-c5ccccc5)c4)nc(-c4cc5c(oc6cccc(-c7cccc8ccccc78)c65)c5ccccc45)n3)cc2)cc1. The summed E-state index contributed by atoms with van der Waals surface area (Å²) in [5, 5.41) is 6.50. The summed E-state index contributed by atoms with van der Waals surface area (Å²) in [6.45, 7) is 0. The largest absolute Gasteiger partial charge is 0.455 e. The summed E-state index contributed by atoms with van der Waals surface area (Å²) in [6, 6.07) is 69.8. The van der Waals surface area contributed by atoms with Crippen molar-refractivity contribution < 1.29 is 4.42 Å². The molecule has 0 N–H and O–H groups in total. The Kier molecular flexibility index (Phi) is 7.78. The molecule has 0 fully saturated rings. The molecule has 11 rings (SSSR count). The van der Waals surface area contributed by atoms with Gasteiger partial charge in [-0.2, -0.15) is 0 Å². The first kappa shape index (κ1) is 32.7. The molecule has 9 aromatic carbocycles. The Balaban J connectivity index is 1.16. The molecule has 4 heteroatoms. The number of aromatic nitrogens is 3. The van der Waals surface area contributed by atoms with Gasteiger partial charge in [-0.25, -0.2) is 15.0 Å². The molecule has 57 heavy (non-hydrogen) atoms. The first-order chi connectivity index (χ1) is 28.2. The Morgan fingerprint density at radius 3 is 1.61 bits per heavy atom. The van der Waals surface area contributed by atoms with Gasteiger partial charge in [0.25, 0.3) is 0 Å². The lowest BCUT2D eigenvalue weighted by atomic mass is 9.93. The minimum absolute atomic E-state index is 0.599. The van der Waals surface area contributed by atoms with Gasteiger partial charge in [0.15, 0.2) is 17.5 Å². The zero-order chi connectivity index (χ0) is 37.7. The lowest BCUT2D eigenvalue weighted by molar-refractivity contribution is 0.673. The van der Waals surface area contributed by atoms with Crippen molar-refractivity contribution in [3.63, 3.8) is 0 Å². The van der Waals surface area contributed by atoms with Crippen LogP contribution >= 0.6 is 0 Å². The second-order valence-electron chi connectivity index (χ2n) is 14.4. The third-order valence-corrected chi connectivity index (χ3v) is 10.9. The average molecular weight is 728 g/mol. The summed E-state index contributed by atoms with van der Waals surface area (Å²) in [7, 11) is 0. The number of benzene rings is 9. The maximum Gasteiger partial charge on any atom is 0.164 e. The number of hydrogen-bond donors (Lipinski definition) is 0. The highest BCUT2D eigenvalue weighted by atomic mass is 16.3. The van der Waals surface area contributed by atoms with E-state index in [-0.39, 0.29) is 0 Å². The van der Waals surface area contributed by atoms with Crippen LogP contribution in [0.4, 0.5) is 0 Å². The first-order valence-electron chi connectivity index (χ1n) is 19.2. The van der Waals surface area contributed by atoms with Gasteiger partial charge in [0.2, 0.25) is 0 Å². The molecule has 0 aliphatic rings. The Morgan fingerprint density at radius 1 is 0.298 bits per heavy atom. The molecule has 0 radical (unpaired) electrons. The van der Waals surface area contributed by atoms with E-state index in [4.69, 9.17) is 19.4 Å². The lowest BCUT2D eigenvalue weighted by Gasteiger charge is -2.12. The van der Waals surface area contributed by atoms with E-state index in [2.05, 4.69) is 188 Å². The molecule has 0 amide bonds. The Labute approximate surface area is 329 Å². The van der Waals surface area contributed by atoms with Crippen LogP contribution in [0.1, 0.15) is 0 Å². The van der Waals surface area contributed by atoms with Crippen molar-refractivity contribution in [2.75, 3.05) is 0 Å². The van der Waals surface area contributed by atoms with Crippen molar-refractivity contribution >= 4 is 43.5 Å². The highest BCUT2D eigenvalue weighted by Crippen LogP contribution is 2.44. The van der Waals surface area contributed by atoms with E-state index >= 15 is 0 Å². The zero-order valence-electron chi connectivity index (χ0n) is 30.8. The minimum atomic E-state index is 0.599. The van der Waals surface area contributed by atoms with Crippen LogP contribution in [-0.4, -0.2) is 15.0 Å². The summed E-state index contributed by atoms with van der Waals surface area (Å²) in [4.78, 5) is 15.7. The quantitative estimate of drug-likeness (QED) is 0.171.